The van der Waals surface area contributed by atoms with Gasteiger partial charge in [0.05, 0.1) is 4.90 Å². The second-order valence-corrected chi connectivity index (χ2v) is 10.3. The molecule has 2 fully saturated rings. The average Bonchev–Trinajstić information content (AvgIpc) is 2.77. The Morgan fingerprint density at radius 1 is 1.10 bits per heavy atom. The maximum absolute atomic E-state index is 12.9. The SMILES string of the molecule is Cc1ccc(S(=O)(=O)N2CCN(/C=C(/C#N)C(=O)N(C)C3CCN(C)CC3)CC2)cc1. The Morgan fingerprint density at radius 3 is 2.23 bits per heavy atom. The summed E-state index contributed by atoms with van der Waals surface area (Å²) in [5.41, 5.74) is 1.10. The minimum absolute atomic E-state index is 0.0938. The number of likely N-dealkylation sites (tertiary alicyclic amines) is 1. The summed E-state index contributed by atoms with van der Waals surface area (Å²) < 4.78 is 27.2. The fraction of sp³-hybridized carbons (Fsp3) is 0.545. The van der Waals surface area contributed by atoms with Gasteiger partial charge in [-0.05, 0) is 52.0 Å². The molecular weight excluding hydrogens is 414 g/mol. The predicted molar refractivity (Wildman–Crippen MR) is 118 cm³/mol. The molecule has 0 radical (unpaired) electrons. The summed E-state index contributed by atoms with van der Waals surface area (Å²) in [5.74, 6) is -0.272. The number of piperazine rings is 1. The minimum atomic E-state index is -3.54. The quantitative estimate of drug-likeness (QED) is 0.501. The van der Waals surface area contributed by atoms with Gasteiger partial charge in [-0.3, -0.25) is 4.79 Å². The number of carbonyl (C=O) groups is 1. The van der Waals surface area contributed by atoms with E-state index >= 15 is 0 Å². The summed E-state index contributed by atoms with van der Waals surface area (Å²) >= 11 is 0. The average molecular weight is 446 g/mol. The molecule has 1 aromatic rings. The first-order valence-corrected chi connectivity index (χ1v) is 12.0. The first kappa shape index (κ1) is 23.3. The zero-order valence-corrected chi connectivity index (χ0v) is 19.3. The number of amides is 1. The molecule has 1 aromatic carbocycles. The van der Waals surface area contributed by atoms with Gasteiger partial charge >= 0.3 is 0 Å². The maximum atomic E-state index is 12.9. The highest BCUT2D eigenvalue weighted by molar-refractivity contribution is 7.89. The number of likely N-dealkylation sites (N-methyl/N-ethyl adjacent to an activating group) is 1. The second-order valence-electron chi connectivity index (χ2n) is 8.36. The fourth-order valence-electron chi connectivity index (χ4n) is 3.98. The molecule has 2 aliphatic heterocycles. The van der Waals surface area contributed by atoms with Crippen molar-refractivity contribution in [3.63, 3.8) is 0 Å². The lowest BCUT2D eigenvalue weighted by atomic mass is 10.0. The van der Waals surface area contributed by atoms with Crippen LogP contribution in [0.1, 0.15) is 18.4 Å². The smallest absolute Gasteiger partial charge is 0.265 e. The molecule has 0 N–H and O–H groups in total. The Labute approximate surface area is 185 Å². The summed E-state index contributed by atoms with van der Waals surface area (Å²) in [5, 5.41) is 9.56. The third kappa shape index (κ3) is 5.45. The Balaban J connectivity index is 1.62. The van der Waals surface area contributed by atoms with Gasteiger partial charge in [-0.15, -0.1) is 0 Å². The molecule has 0 aliphatic carbocycles. The van der Waals surface area contributed by atoms with E-state index in [1.807, 2.05) is 17.9 Å². The zero-order chi connectivity index (χ0) is 22.6. The molecule has 2 saturated heterocycles. The number of nitriles is 1. The van der Waals surface area contributed by atoms with Crippen molar-refractivity contribution in [2.45, 2.75) is 30.7 Å². The molecule has 3 rings (SSSR count). The van der Waals surface area contributed by atoms with Gasteiger partial charge in [-0.1, -0.05) is 17.7 Å². The van der Waals surface area contributed by atoms with Gasteiger partial charge in [0, 0.05) is 45.5 Å². The Hall–Kier alpha value is -2.41. The molecule has 1 amide bonds. The zero-order valence-electron chi connectivity index (χ0n) is 18.5. The summed E-state index contributed by atoms with van der Waals surface area (Å²) in [7, 11) is 0.283. The van der Waals surface area contributed by atoms with E-state index in [4.69, 9.17) is 0 Å². The highest BCUT2D eigenvalue weighted by Gasteiger charge is 2.29. The Kier molecular flexibility index (Phi) is 7.36. The molecule has 0 unspecified atom stereocenters. The number of hydrogen-bond donors (Lipinski definition) is 0. The van der Waals surface area contributed by atoms with Crippen LogP contribution in [-0.4, -0.2) is 92.7 Å². The van der Waals surface area contributed by atoms with Crippen LogP contribution >= 0.6 is 0 Å². The van der Waals surface area contributed by atoms with Crippen LogP contribution in [0.15, 0.2) is 40.9 Å². The normalized spacial score (nSPS) is 19.8. The van der Waals surface area contributed by atoms with E-state index in [0.29, 0.717) is 26.2 Å². The van der Waals surface area contributed by atoms with Crippen molar-refractivity contribution in [1.82, 2.24) is 19.0 Å². The van der Waals surface area contributed by atoms with Gasteiger partial charge in [-0.25, -0.2) is 8.42 Å². The topological polar surface area (TPSA) is 88.0 Å². The number of piperidine rings is 1. The van der Waals surface area contributed by atoms with Crippen molar-refractivity contribution in [2.24, 2.45) is 0 Å². The second kappa shape index (κ2) is 9.81. The molecule has 0 aromatic heterocycles. The molecule has 0 bridgehead atoms. The standard InChI is InChI=1S/C22H31N5O3S/c1-18-4-6-21(7-5-18)31(29,30)27-14-12-26(13-15-27)17-19(16-23)22(28)25(3)20-8-10-24(2)11-9-20/h4-7,17,20H,8-15H2,1-3H3/b19-17-. The molecule has 0 spiro atoms. The van der Waals surface area contributed by atoms with Gasteiger partial charge in [0.25, 0.3) is 5.91 Å². The first-order chi connectivity index (χ1) is 14.7. The van der Waals surface area contributed by atoms with Crippen LogP contribution in [-0.2, 0) is 14.8 Å². The van der Waals surface area contributed by atoms with E-state index in [2.05, 4.69) is 11.9 Å². The van der Waals surface area contributed by atoms with Crippen molar-refractivity contribution >= 4 is 15.9 Å². The third-order valence-electron chi connectivity index (χ3n) is 6.15. The molecule has 0 saturated carbocycles. The molecule has 2 heterocycles. The lowest BCUT2D eigenvalue weighted by Crippen LogP contribution is -2.47. The van der Waals surface area contributed by atoms with Gasteiger partial charge in [0.2, 0.25) is 10.0 Å². The van der Waals surface area contributed by atoms with Crippen molar-refractivity contribution in [3.05, 3.63) is 41.6 Å². The molecule has 168 valence electrons. The lowest BCUT2D eigenvalue weighted by Gasteiger charge is -2.36. The van der Waals surface area contributed by atoms with E-state index < -0.39 is 10.0 Å². The molecule has 31 heavy (non-hydrogen) atoms. The summed E-state index contributed by atoms with van der Waals surface area (Å²) in [6.07, 6.45) is 3.38. The van der Waals surface area contributed by atoms with E-state index in [0.717, 1.165) is 31.5 Å². The lowest BCUT2D eigenvalue weighted by molar-refractivity contribution is -0.128. The van der Waals surface area contributed by atoms with Crippen LogP contribution in [0.5, 0.6) is 0 Å². The van der Waals surface area contributed by atoms with Crippen molar-refractivity contribution in [2.75, 3.05) is 53.4 Å². The van der Waals surface area contributed by atoms with Gasteiger partial charge in [-0.2, -0.15) is 9.57 Å². The van der Waals surface area contributed by atoms with Crippen molar-refractivity contribution in [3.8, 4) is 6.07 Å². The van der Waals surface area contributed by atoms with Crippen LogP contribution in [0.2, 0.25) is 0 Å². The summed E-state index contributed by atoms with van der Waals surface area (Å²) in [4.78, 5) is 18.9. The van der Waals surface area contributed by atoms with Gasteiger partial charge in [0.15, 0.2) is 0 Å². The number of sulfonamides is 1. The number of hydrogen-bond acceptors (Lipinski definition) is 6. The highest BCUT2D eigenvalue weighted by atomic mass is 32.2. The number of rotatable bonds is 5. The predicted octanol–water partition coefficient (Wildman–Crippen LogP) is 1.26. The van der Waals surface area contributed by atoms with Crippen LogP contribution < -0.4 is 0 Å². The first-order valence-electron chi connectivity index (χ1n) is 10.6. The van der Waals surface area contributed by atoms with Crippen LogP contribution in [0.3, 0.4) is 0 Å². The monoisotopic (exact) mass is 445 g/mol. The molecule has 9 heteroatoms. The van der Waals surface area contributed by atoms with Gasteiger partial charge in [0.1, 0.15) is 11.6 Å². The number of carbonyl (C=O) groups excluding carboxylic acids is 1. The fourth-order valence-corrected chi connectivity index (χ4v) is 5.41. The Bertz CT molecular complexity index is 952. The van der Waals surface area contributed by atoms with E-state index in [1.165, 1.54) is 4.31 Å². The summed E-state index contributed by atoms with van der Waals surface area (Å²) in [6, 6.07) is 9.01. The van der Waals surface area contributed by atoms with Crippen LogP contribution in [0, 0.1) is 18.3 Å². The van der Waals surface area contributed by atoms with Crippen molar-refractivity contribution in [1.29, 1.82) is 5.26 Å². The maximum Gasteiger partial charge on any atom is 0.265 e. The minimum Gasteiger partial charge on any atom is -0.373 e. The third-order valence-corrected chi connectivity index (χ3v) is 8.06. The molecular formula is C22H31N5O3S. The van der Waals surface area contributed by atoms with Crippen LogP contribution in [0.25, 0.3) is 0 Å². The molecule has 8 nitrogen and oxygen atoms in total. The number of nitrogens with zero attached hydrogens (tertiary/aromatic N) is 5. The largest absolute Gasteiger partial charge is 0.373 e. The Morgan fingerprint density at radius 2 is 1.68 bits per heavy atom. The number of aryl methyl sites for hydroxylation is 1. The highest BCUT2D eigenvalue weighted by Crippen LogP contribution is 2.20. The molecule has 0 atom stereocenters. The van der Waals surface area contributed by atoms with E-state index in [-0.39, 0.29) is 22.4 Å². The van der Waals surface area contributed by atoms with Crippen molar-refractivity contribution < 1.29 is 13.2 Å². The van der Waals surface area contributed by atoms with E-state index in [1.54, 1.807) is 42.4 Å². The van der Waals surface area contributed by atoms with Gasteiger partial charge < -0.3 is 14.7 Å². The summed E-state index contributed by atoms with van der Waals surface area (Å²) in [6.45, 7) is 5.27. The van der Waals surface area contributed by atoms with E-state index in [9.17, 15) is 18.5 Å². The number of benzene rings is 1. The molecule has 2 aliphatic rings. The van der Waals surface area contributed by atoms with Crippen LogP contribution in [0.4, 0.5) is 0 Å².